The van der Waals surface area contributed by atoms with Gasteiger partial charge in [-0.3, -0.25) is 9.59 Å². The van der Waals surface area contributed by atoms with Gasteiger partial charge in [-0.25, -0.2) is 5.43 Å². The first kappa shape index (κ1) is 19.3. The second-order valence-corrected chi connectivity index (χ2v) is 6.63. The van der Waals surface area contributed by atoms with Crippen molar-refractivity contribution in [3.05, 3.63) is 77.2 Å². The van der Waals surface area contributed by atoms with E-state index in [4.69, 9.17) is 13.9 Å². The van der Waals surface area contributed by atoms with Gasteiger partial charge in [0.25, 0.3) is 11.8 Å². The van der Waals surface area contributed by atoms with Crippen LogP contribution < -0.4 is 20.2 Å². The fourth-order valence-corrected chi connectivity index (χ4v) is 2.92. The van der Waals surface area contributed by atoms with Crippen LogP contribution in [-0.2, 0) is 0 Å². The first-order valence-corrected chi connectivity index (χ1v) is 9.21. The molecule has 8 heteroatoms. The minimum Gasteiger partial charge on any atom is -0.469 e. The molecule has 0 saturated carbocycles. The molecule has 0 saturated heterocycles. The van der Waals surface area contributed by atoms with E-state index in [1.54, 1.807) is 50.2 Å². The molecular weight excluding hydrogens is 386 g/mol. The van der Waals surface area contributed by atoms with Crippen LogP contribution in [0, 0.1) is 6.92 Å². The number of amides is 2. The zero-order valence-electron chi connectivity index (χ0n) is 16.4. The van der Waals surface area contributed by atoms with Crippen molar-refractivity contribution in [1.29, 1.82) is 0 Å². The van der Waals surface area contributed by atoms with E-state index in [0.717, 1.165) is 5.56 Å². The van der Waals surface area contributed by atoms with E-state index in [9.17, 15) is 9.59 Å². The Labute approximate surface area is 172 Å². The summed E-state index contributed by atoms with van der Waals surface area (Å²) in [6.07, 6.45) is 1.46. The third kappa shape index (κ3) is 4.02. The molecule has 2 N–H and O–H groups in total. The van der Waals surface area contributed by atoms with Crippen molar-refractivity contribution in [2.75, 3.05) is 12.1 Å². The second-order valence-electron chi connectivity index (χ2n) is 6.63. The Balaban J connectivity index is 1.39. The Bertz CT molecular complexity index is 1130. The molecule has 3 aromatic rings. The fourth-order valence-electron chi connectivity index (χ4n) is 2.92. The van der Waals surface area contributed by atoms with Gasteiger partial charge in [0.15, 0.2) is 11.5 Å². The van der Waals surface area contributed by atoms with Crippen molar-refractivity contribution in [3.8, 4) is 11.5 Å². The van der Waals surface area contributed by atoms with Gasteiger partial charge in [0, 0.05) is 11.3 Å². The van der Waals surface area contributed by atoms with E-state index < -0.39 is 0 Å². The maximum absolute atomic E-state index is 12.5. The number of aryl methyl sites for hydroxylation is 1. The van der Waals surface area contributed by atoms with Crippen molar-refractivity contribution in [1.82, 2.24) is 5.43 Å². The first-order valence-electron chi connectivity index (χ1n) is 9.21. The monoisotopic (exact) mass is 405 g/mol. The number of hydrazone groups is 1. The van der Waals surface area contributed by atoms with Crippen LogP contribution in [0.25, 0.3) is 0 Å². The van der Waals surface area contributed by atoms with Crippen molar-refractivity contribution in [2.45, 2.75) is 13.8 Å². The maximum Gasteiger partial charge on any atom is 0.274 e. The maximum atomic E-state index is 12.5. The van der Waals surface area contributed by atoms with E-state index in [0.29, 0.717) is 39.8 Å². The fraction of sp³-hybridized carbons (Fsp3) is 0.136. The number of carbonyl (C=O) groups excluding carboxylic acids is 2. The topological polar surface area (TPSA) is 102 Å². The molecule has 0 radical (unpaired) electrons. The molecule has 1 aliphatic heterocycles. The summed E-state index contributed by atoms with van der Waals surface area (Å²) in [5.74, 6) is 1.11. The summed E-state index contributed by atoms with van der Waals surface area (Å²) in [6.45, 7) is 3.65. The number of rotatable bonds is 5. The molecule has 1 aliphatic rings. The largest absolute Gasteiger partial charge is 0.469 e. The van der Waals surface area contributed by atoms with Gasteiger partial charge < -0.3 is 19.2 Å². The summed E-state index contributed by atoms with van der Waals surface area (Å²) in [7, 11) is 0. The van der Waals surface area contributed by atoms with Crippen LogP contribution in [0.1, 0.15) is 39.0 Å². The average molecular weight is 405 g/mol. The van der Waals surface area contributed by atoms with E-state index in [2.05, 4.69) is 15.8 Å². The minimum absolute atomic E-state index is 0.158. The number of carbonyl (C=O) groups is 2. The number of benzene rings is 2. The summed E-state index contributed by atoms with van der Waals surface area (Å²) in [5, 5.41) is 6.96. The zero-order valence-corrected chi connectivity index (χ0v) is 16.4. The molecule has 2 aromatic carbocycles. The van der Waals surface area contributed by atoms with Crippen molar-refractivity contribution in [2.24, 2.45) is 5.10 Å². The lowest BCUT2D eigenvalue weighted by molar-refractivity contribution is 0.0952. The average Bonchev–Trinajstić information content (AvgIpc) is 3.40. The van der Waals surface area contributed by atoms with Gasteiger partial charge in [-0.1, -0.05) is 12.1 Å². The van der Waals surface area contributed by atoms with Crippen LogP contribution in [-0.4, -0.2) is 24.3 Å². The van der Waals surface area contributed by atoms with Crippen molar-refractivity contribution >= 4 is 23.2 Å². The van der Waals surface area contributed by atoms with Gasteiger partial charge in [-0.2, -0.15) is 5.10 Å². The molecule has 0 atom stereocenters. The molecule has 0 fully saturated rings. The predicted molar refractivity (Wildman–Crippen MR) is 110 cm³/mol. The van der Waals surface area contributed by atoms with Gasteiger partial charge in [0.2, 0.25) is 6.79 Å². The van der Waals surface area contributed by atoms with Crippen LogP contribution in [0.15, 0.2) is 64.3 Å². The Kier molecular flexibility index (Phi) is 5.21. The highest BCUT2D eigenvalue weighted by atomic mass is 16.7. The number of furan rings is 1. The number of fused-ring (bicyclic) bond motifs is 1. The first-order chi connectivity index (χ1) is 14.5. The Morgan fingerprint density at radius 2 is 1.67 bits per heavy atom. The molecular formula is C22H19N3O5. The minimum atomic E-state index is -0.340. The molecule has 2 amide bonds. The molecule has 152 valence electrons. The van der Waals surface area contributed by atoms with Crippen molar-refractivity contribution in [3.63, 3.8) is 0 Å². The summed E-state index contributed by atoms with van der Waals surface area (Å²) in [4.78, 5) is 24.6. The Hall–Kier alpha value is -4.07. The highest BCUT2D eigenvalue weighted by Gasteiger charge is 2.16. The van der Waals surface area contributed by atoms with Gasteiger partial charge >= 0.3 is 0 Å². The van der Waals surface area contributed by atoms with Crippen LogP contribution in [0.5, 0.6) is 11.5 Å². The van der Waals surface area contributed by atoms with E-state index >= 15 is 0 Å². The van der Waals surface area contributed by atoms with Crippen LogP contribution in [0.4, 0.5) is 5.69 Å². The number of anilines is 1. The number of hydrogen-bond acceptors (Lipinski definition) is 6. The molecule has 8 nitrogen and oxygen atoms in total. The quantitative estimate of drug-likeness (QED) is 0.498. The Morgan fingerprint density at radius 3 is 2.40 bits per heavy atom. The number of nitrogens with zero attached hydrogens (tertiary/aromatic N) is 1. The third-order valence-corrected chi connectivity index (χ3v) is 4.62. The zero-order chi connectivity index (χ0) is 21.1. The van der Waals surface area contributed by atoms with Gasteiger partial charge in [0.1, 0.15) is 5.76 Å². The van der Waals surface area contributed by atoms with E-state index in [1.165, 1.54) is 6.26 Å². The second kappa shape index (κ2) is 8.12. The normalized spacial score (nSPS) is 12.5. The molecule has 0 bridgehead atoms. The number of hydrogen-bond donors (Lipinski definition) is 2. The number of nitrogens with one attached hydrogen (secondary N) is 2. The molecule has 2 heterocycles. The van der Waals surface area contributed by atoms with Gasteiger partial charge in [-0.15, -0.1) is 0 Å². The standard InChI is InChI=1S/C22H19N3O5/c1-13(24-25-22(27)18-9-10-28-14(18)2)15-3-6-17(7-4-15)23-21(26)16-5-8-19-20(11-16)30-12-29-19/h3-11H,12H2,1-2H3,(H,23,26)(H,25,27)/b24-13+. The van der Waals surface area contributed by atoms with Crippen LogP contribution in [0.3, 0.4) is 0 Å². The predicted octanol–water partition coefficient (Wildman–Crippen LogP) is 3.72. The highest BCUT2D eigenvalue weighted by Crippen LogP contribution is 2.32. The molecule has 4 rings (SSSR count). The van der Waals surface area contributed by atoms with Gasteiger partial charge in [-0.05, 0) is 55.8 Å². The molecule has 0 spiro atoms. The number of ether oxygens (including phenoxy) is 2. The molecule has 1 aromatic heterocycles. The lowest BCUT2D eigenvalue weighted by Crippen LogP contribution is -2.19. The van der Waals surface area contributed by atoms with Crippen LogP contribution in [0.2, 0.25) is 0 Å². The lowest BCUT2D eigenvalue weighted by atomic mass is 10.1. The molecule has 0 aliphatic carbocycles. The highest BCUT2D eigenvalue weighted by molar-refractivity contribution is 6.05. The van der Waals surface area contributed by atoms with E-state index in [1.807, 2.05) is 12.1 Å². The summed E-state index contributed by atoms with van der Waals surface area (Å²) in [6, 6.07) is 13.8. The summed E-state index contributed by atoms with van der Waals surface area (Å²) in [5.41, 5.74) is 5.48. The molecule has 30 heavy (non-hydrogen) atoms. The van der Waals surface area contributed by atoms with E-state index in [-0.39, 0.29) is 18.6 Å². The summed E-state index contributed by atoms with van der Waals surface area (Å²) < 4.78 is 15.7. The van der Waals surface area contributed by atoms with Gasteiger partial charge in [0.05, 0.1) is 17.5 Å². The summed E-state index contributed by atoms with van der Waals surface area (Å²) >= 11 is 0. The Morgan fingerprint density at radius 1 is 0.933 bits per heavy atom. The molecule has 0 unspecified atom stereocenters. The lowest BCUT2D eigenvalue weighted by Gasteiger charge is -2.08. The smallest absolute Gasteiger partial charge is 0.274 e. The van der Waals surface area contributed by atoms with Crippen molar-refractivity contribution < 1.29 is 23.5 Å². The third-order valence-electron chi connectivity index (χ3n) is 4.62. The SMILES string of the molecule is C/C(=N\NC(=O)c1ccoc1C)c1ccc(NC(=O)c2ccc3c(c2)OCO3)cc1. The van der Waals surface area contributed by atoms with Crippen LogP contribution >= 0.6 is 0 Å².